The molecule has 1 aliphatic heterocycles. The van der Waals surface area contributed by atoms with E-state index < -0.39 is 0 Å². The van der Waals surface area contributed by atoms with E-state index in [1.807, 2.05) is 4.90 Å². The number of rotatable bonds is 4. The molecule has 1 amide bonds. The highest BCUT2D eigenvalue weighted by atomic mass is 16.2. The van der Waals surface area contributed by atoms with E-state index in [0.717, 1.165) is 6.54 Å². The summed E-state index contributed by atoms with van der Waals surface area (Å²) in [7, 11) is 0. The molecule has 1 aromatic rings. The Morgan fingerprint density at radius 3 is 2.43 bits per heavy atom. The lowest BCUT2D eigenvalue weighted by atomic mass is 10.0. The third kappa shape index (κ3) is 3.29. The number of nitrogens with zero attached hydrogens (tertiary/aromatic N) is 1. The van der Waals surface area contributed by atoms with Crippen LogP contribution in [0.25, 0.3) is 0 Å². The van der Waals surface area contributed by atoms with Gasteiger partial charge in [-0.15, -0.1) is 0 Å². The molecule has 1 fully saturated rings. The fraction of sp³-hybridized carbons (Fsp3) is 0.611. The first kappa shape index (κ1) is 16.0. The monoisotopic (exact) mass is 288 g/mol. The predicted octanol–water partition coefficient (Wildman–Crippen LogP) is 3.41. The molecule has 3 nitrogen and oxygen atoms in total. The summed E-state index contributed by atoms with van der Waals surface area (Å²) in [5.41, 5.74) is 3.71. The Hall–Kier alpha value is -1.35. The van der Waals surface area contributed by atoms with Crippen LogP contribution in [0.5, 0.6) is 0 Å². The first-order chi connectivity index (χ1) is 9.81. The van der Waals surface area contributed by atoms with Crippen LogP contribution in [0, 0.1) is 25.7 Å². The second kappa shape index (κ2) is 6.18. The molecular weight excluding hydrogens is 260 g/mol. The van der Waals surface area contributed by atoms with Gasteiger partial charge in [0.05, 0.1) is 6.04 Å². The van der Waals surface area contributed by atoms with Crippen molar-refractivity contribution in [3.8, 4) is 0 Å². The molecule has 1 heterocycles. The smallest absolute Gasteiger partial charge is 0.241 e. The van der Waals surface area contributed by atoms with E-state index in [1.54, 1.807) is 0 Å². The molecule has 1 aliphatic rings. The van der Waals surface area contributed by atoms with Crippen LogP contribution in [0.3, 0.4) is 0 Å². The van der Waals surface area contributed by atoms with Gasteiger partial charge < -0.3 is 4.90 Å². The normalized spacial score (nSPS) is 22.7. The number of hydrogen-bond donors (Lipinski definition) is 1. The van der Waals surface area contributed by atoms with Gasteiger partial charge in [0, 0.05) is 6.54 Å². The number of aryl methyl sites for hydroxylation is 2. The number of nitrogens with one attached hydrogen (secondary N) is 1. The van der Waals surface area contributed by atoms with Crippen molar-refractivity contribution in [3.05, 3.63) is 34.9 Å². The highest BCUT2D eigenvalue weighted by Gasteiger charge is 2.41. The molecule has 21 heavy (non-hydrogen) atoms. The van der Waals surface area contributed by atoms with E-state index >= 15 is 0 Å². The molecule has 1 N–H and O–H groups in total. The molecular formula is C18H28N2O. The Balaban J connectivity index is 2.39. The van der Waals surface area contributed by atoms with Crippen molar-refractivity contribution < 1.29 is 4.79 Å². The molecule has 116 valence electrons. The van der Waals surface area contributed by atoms with E-state index in [-0.39, 0.29) is 18.1 Å². The Labute approximate surface area is 128 Å². The van der Waals surface area contributed by atoms with Crippen LogP contribution >= 0.6 is 0 Å². The van der Waals surface area contributed by atoms with Crippen LogP contribution in [-0.4, -0.2) is 23.4 Å². The van der Waals surface area contributed by atoms with Gasteiger partial charge in [-0.25, -0.2) is 0 Å². The highest BCUT2D eigenvalue weighted by Crippen LogP contribution is 2.31. The van der Waals surface area contributed by atoms with Gasteiger partial charge in [-0.2, -0.15) is 0 Å². The minimum Gasteiger partial charge on any atom is -0.321 e. The summed E-state index contributed by atoms with van der Waals surface area (Å²) >= 11 is 0. The summed E-state index contributed by atoms with van der Waals surface area (Å²) in [6.07, 6.45) is 0.00667. The maximum atomic E-state index is 12.7. The van der Waals surface area contributed by atoms with Gasteiger partial charge in [0.1, 0.15) is 6.17 Å². The SMILES string of the molecule is Cc1ccc(C)c(C2NC(C(C)C)C(=O)N2CC(C)C)c1. The number of benzene rings is 1. The Morgan fingerprint density at radius 1 is 1.19 bits per heavy atom. The predicted molar refractivity (Wildman–Crippen MR) is 87.0 cm³/mol. The van der Waals surface area contributed by atoms with Crippen LogP contribution in [0.15, 0.2) is 18.2 Å². The number of carbonyl (C=O) groups is 1. The number of hydrogen-bond acceptors (Lipinski definition) is 2. The summed E-state index contributed by atoms with van der Waals surface area (Å²) < 4.78 is 0. The largest absolute Gasteiger partial charge is 0.321 e. The van der Waals surface area contributed by atoms with Crippen LogP contribution in [0.1, 0.15) is 50.6 Å². The minimum atomic E-state index is -0.0753. The van der Waals surface area contributed by atoms with Gasteiger partial charge in [-0.3, -0.25) is 10.1 Å². The molecule has 0 saturated carbocycles. The first-order valence-electron chi connectivity index (χ1n) is 7.95. The van der Waals surface area contributed by atoms with Crippen molar-refractivity contribution >= 4 is 5.91 Å². The van der Waals surface area contributed by atoms with Gasteiger partial charge in [0.15, 0.2) is 0 Å². The zero-order valence-corrected chi connectivity index (χ0v) is 14.1. The van der Waals surface area contributed by atoms with Crippen molar-refractivity contribution in [1.82, 2.24) is 10.2 Å². The molecule has 1 saturated heterocycles. The van der Waals surface area contributed by atoms with Gasteiger partial charge in [-0.1, -0.05) is 51.5 Å². The third-order valence-corrected chi connectivity index (χ3v) is 4.16. The highest BCUT2D eigenvalue weighted by molar-refractivity contribution is 5.85. The maximum Gasteiger partial charge on any atom is 0.241 e. The summed E-state index contributed by atoms with van der Waals surface area (Å²) in [5, 5.41) is 3.56. The minimum absolute atomic E-state index is 0.00667. The molecule has 0 bridgehead atoms. The second-order valence-electron chi connectivity index (χ2n) is 7.04. The van der Waals surface area contributed by atoms with Crippen molar-refractivity contribution in [2.24, 2.45) is 11.8 Å². The molecule has 1 aromatic carbocycles. The molecule has 0 radical (unpaired) electrons. The maximum absolute atomic E-state index is 12.7. The van der Waals surface area contributed by atoms with Crippen molar-refractivity contribution in [2.75, 3.05) is 6.54 Å². The average molecular weight is 288 g/mol. The van der Waals surface area contributed by atoms with Crippen molar-refractivity contribution in [2.45, 2.75) is 53.8 Å². The van der Waals surface area contributed by atoms with Gasteiger partial charge in [0.2, 0.25) is 5.91 Å². The van der Waals surface area contributed by atoms with Crippen LogP contribution in [0.2, 0.25) is 0 Å². The summed E-state index contributed by atoms with van der Waals surface area (Å²) in [4.78, 5) is 14.8. The fourth-order valence-corrected chi connectivity index (χ4v) is 3.02. The van der Waals surface area contributed by atoms with E-state index in [0.29, 0.717) is 11.8 Å². The number of amides is 1. The molecule has 0 spiro atoms. The fourth-order valence-electron chi connectivity index (χ4n) is 3.02. The lowest BCUT2D eigenvalue weighted by molar-refractivity contribution is -0.131. The zero-order valence-electron chi connectivity index (χ0n) is 14.1. The molecule has 2 rings (SSSR count). The van der Waals surface area contributed by atoms with E-state index in [4.69, 9.17) is 0 Å². The van der Waals surface area contributed by atoms with E-state index in [1.165, 1.54) is 16.7 Å². The number of carbonyl (C=O) groups excluding carboxylic acids is 1. The summed E-state index contributed by atoms with van der Waals surface area (Å²) in [6, 6.07) is 6.40. The van der Waals surface area contributed by atoms with Gasteiger partial charge >= 0.3 is 0 Å². The quantitative estimate of drug-likeness (QED) is 0.921. The lowest BCUT2D eigenvalue weighted by Crippen LogP contribution is -2.36. The van der Waals surface area contributed by atoms with E-state index in [9.17, 15) is 4.79 Å². The molecule has 0 aliphatic carbocycles. The van der Waals surface area contributed by atoms with Crippen LogP contribution in [0.4, 0.5) is 0 Å². The molecule has 0 aromatic heterocycles. The molecule has 2 atom stereocenters. The van der Waals surface area contributed by atoms with Gasteiger partial charge in [0.25, 0.3) is 0 Å². The standard InChI is InChI=1S/C18H28N2O/c1-11(2)10-20-17(19-16(12(3)4)18(20)21)15-9-13(5)7-8-14(15)6/h7-9,11-12,16-17,19H,10H2,1-6H3. The topological polar surface area (TPSA) is 32.3 Å². The first-order valence-corrected chi connectivity index (χ1v) is 7.95. The van der Waals surface area contributed by atoms with Crippen molar-refractivity contribution in [1.29, 1.82) is 0 Å². The Kier molecular flexibility index (Phi) is 4.72. The van der Waals surface area contributed by atoms with E-state index in [2.05, 4.69) is 65.1 Å². The molecule has 3 heteroatoms. The lowest BCUT2D eigenvalue weighted by Gasteiger charge is -2.27. The second-order valence-corrected chi connectivity index (χ2v) is 7.04. The third-order valence-electron chi connectivity index (χ3n) is 4.16. The molecule has 2 unspecified atom stereocenters. The van der Waals surface area contributed by atoms with Crippen LogP contribution in [-0.2, 0) is 4.79 Å². The Bertz CT molecular complexity index is 522. The van der Waals surface area contributed by atoms with Crippen molar-refractivity contribution in [3.63, 3.8) is 0 Å². The average Bonchev–Trinajstić information content (AvgIpc) is 2.70. The summed E-state index contributed by atoms with van der Waals surface area (Å²) in [6.45, 7) is 13.6. The van der Waals surface area contributed by atoms with Gasteiger partial charge in [-0.05, 0) is 36.8 Å². The Morgan fingerprint density at radius 2 is 1.86 bits per heavy atom. The summed E-state index contributed by atoms with van der Waals surface area (Å²) in [5.74, 6) is 1.01. The zero-order chi connectivity index (χ0) is 15.7. The van der Waals surface area contributed by atoms with Crippen LogP contribution < -0.4 is 5.32 Å².